The van der Waals surface area contributed by atoms with Crippen LogP contribution in [0.4, 0.5) is 0 Å². The van der Waals surface area contributed by atoms with Gasteiger partial charge in [-0.2, -0.15) is 0 Å². The van der Waals surface area contributed by atoms with Crippen molar-refractivity contribution in [2.24, 2.45) is 0 Å². The normalized spacial score (nSPS) is 13.3. The Hall–Kier alpha value is -2.77. The molecule has 0 unspecified atom stereocenters. The fourth-order valence-corrected chi connectivity index (χ4v) is 5.61. The number of rotatable bonds is 37. The lowest BCUT2D eigenvalue weighted by molar-refractivity contribution is -0.161. The maximum Gasteiger partial charge on any atom is 0.469 e. The van der Waals surface area contributed by atoms with Crippen LogP contribution in [0.5, 0.6) is 0 Å². The molecule has 0 spiro atoms. The van der Waals surface area contributed by atoms with E-state index < -0.39 is 32.5 Å². The molecule has 0 fully saturated rings. The van der Waals surface area contributed by atoms with E-state index in [1.165, 1.54) is 64.2 Å². The first kappa shape index (κ1) is 51.2. The Bertz CT molecular complexity index is 1140. The third-order valence-electron chi connectivity index (χ3n) is 8.39. The van der Waals surface area contributed by atoms with E-state index in [1.807, 2.05) is 6.08 Å². The summed E-state index contributed by atoms with van der Waals surface area (Å²) in [6.45, 7) is 3.57. The molecular weight excluding hydrogens is 699 g/mol. The molecule has 0 saturated carbocycles. The third kappa shape index (κ3) is 42.0. The van der Waals surface area contributed by atoms with Gasteiger partial charge < -0.3 is 19.3 Å². The monoisotopic (exact) mass is 775 g/mol. The predicted octanol–water partition coefficient (Wildman–Crippen LogP) is 12.8. The molecule has 0 aromatic heterocycles. The molecule has 0 aromatic carbocycles. The molecule has 2 N–H and O–H groups in total. The van der Waals surface area contributed by atoms with E-state index in [0.717, 1.165) is 57.8 Å². The SMILES string of the molecule is CCCCC/C=C/C/C=C/C/C=C/C/C=C/CCCCCC(=O)OC[C@H](COP(=O)(O)O)OC(=O)CCC/C=C/C/C=C/C/C=C/CCCCCCCC. The average Bonchev–Trinajstić information content (AvgIpc) is 3.14. The highest BCUT2D eigenvalue weighted by Crippen LogP contribution is 2.36. The fraction of sp³-hybridized carbons (Fsp3) is 0.644. The first-order chi connectivity index (χ1) is 26.3. The van der Waals surface area contributed by atoms with Crippen molar-refractivity contribution in [2.45, 2.75) is 174 Å². The second-order valence-corrected chi connectivity index (χ2v) is 14.8. The summed E-state index contributed by atoms with van der Waals surface area (Å²) >= 11 is 0. The van der Waals surface area contributed by atoms with Crippen LogP contribution < -0.4 is 0 Å². The maximum absolute atomic E-state index is 12.4. The minimum absolute atomic E-state index is 0.128. The molecule has 54 heavy (non-hydrogen) atoms. The predicted molar refractivity (Wildman–Crippen MR) is 225 cm³/mol. The summed E-state index contributed by atoms with van der Waals surface area (Å²) in [7, 11) is -4.78. The Morgan fingerprint density at radius 3 is 1.33 bits per heavy atom. The molecule has 0 aliphatic heterocycles. The van der Waals surface area contributed by atoms with Gasteiger partial charge in [0.05, 0.1) is 6.61 Å². The Labute approximate surface area is 329 Å². The van der Waals surface area contributed by atoms with Gasteiger partial charge in [0.2, 0.25) is 0 Å². The van der Waals surface area contributed by atoms with Crippen molar-refractivity contribution < 1.29 is 37.9 Å². The van der Waals surface area contributed by atoms with E-state index in [2.05, 4.69) is 97.4 Å². The van der Waals surface area contributed by atoms with E-state index in [4.69, 9.17) is 19.3 Å². The molecule has 0 aliphatic carbocycles. The van der Waals surface area contributed by atoms with E-state index in [9.17, 15) is 14.2 Å². The van der Waals surface area contributed by atoms with Gasteiger partial charge in [0, 0.05) is 12.8 Å². The molecule has 0 aliphatic rings. The maximum atomic E-state index is 12.4. The van der Waals surface area contributed by atoms with Gasteiger partial charge >= 0.3 is 19.8 Å². The van der Waals surface area contributed by atoms with Crippen LogP contribution in [0.2, 0.25) is 0 Å². The van der Waals surface area contributed by atoms with Gasteiger partial charge in [0.25, 0.3) is 0 Å². The van der Waals surface area contributed by atoms with Gasteiger partial charge in [-0.05, 0) is 89.9 Å². The highest BCUT2D eigenvalue weighted by Gasteiger charge is 2.22. The van der Waals surface area contributed by atoms with E-state index >= 15 is 0 Å². The van der Waals surface area contributed by atoms with Crippen LogP contribution in [0, 0.1) is 0 Å². The Morgan fingerprint density at radius 2 is 0.852 bits per heavy atom. The summed E-state index contributed by atoms with van der Waals surface area (Å²) in [5.41, 5.74) is 0. The van der Waals surface area contributed by atoms with Gasteiger partial charge in [-0.25, -0.2) is 4.57 Å². The van der Waals surface area contributed by atoms with Crippen molar-refractivity contribution in [1.82, 2.24) is 0 Å². The zero-order chi connectivity index (χ0) is 39.6. The Kier molecular flexibility index (Phi) is 37.9. The number of ether oxygens (including phenoxy) is 2. The molecule has 0 bridgehead atoms. The van der Waals surface area contributed by atoms with Crippen LogP contribution in [0.1, 0.15) is 168 Å². The topological polar surface area (TPSA) is 119 Å². The summed E-state index contributed by atoms with van der Waals surface area (Å²) < 4.78 is 26.3. The zero-order valence-corrected chi connectivity index (χ0v) is 34.7. The summed E-state index contributed by atoms with van der Waals surface area (Å²) in [5.74, 6) is -0.989. The number of phosphoric ester groups is 1. The molecule has 0 aromatic rings. The van der Waals surface area contributed by atoms with Crippen molar-refractivity contribution in [1.29, 1.82) is 0 Å². The zero-order valence-electron chi connectivity index (χ0n) is 33.8. The fourth-order valence-electron chi connectivity index (χ4n) is 5.25. The number of carbonyl (C=O) groups excluding carboxylic acids is 2. The number of hydrogen-bond donors (Lipinski definition) is 2. The van der Waals surface area contributed by atoms with Crippen molar-refractivity contribution in [3.05, 3.63) is 85.1 Å². The van der Waals surface area contributed by atoms with Crippen LogP contribution >= 0.6 is 7.82 Å². The standard InChI is InChI=1S/C45H75O8P/c1-3-5-7-9-11-13-15-17-19-21-22-24-25-27-29-31-33-35-37-39-44(46)51-41-43(42-52-54(48,49)50)53-45(47)40-38-36-34-32-30-28-26-23-20-18-16-14-12-10-8-6-4-2/h11,13,17-20,22,24,26-29,32,34,43H,3-10,12,14-16,21,23,25,30-31,33,35-42H2,1-2H3,(H2,48,49,50)/b13-11+,19-17+,20-18+,24-22+,28-26+,29-27+,34-32+/t43-/m1/s1. The molecule has 0 amide bonds. The summed E-state index contributed by atoms with van der Waals surface area (Å²) in [6.07, 6.45) is 53.1. The molecule has 1 atom stereocenters. The first-order valence-electron chi connectivity index (χ1n) is 20.9. The third-order valence-corrected chi connectivity index (χ3v) is 8.87. The number of phosphoric acid groups is 1. The second-order valence-electron chi connectivity index (χ2n) is 13.6. The van der Waals surface area contributed by atoms with Crippen LogP contribution in [0.25, 0.3) is 0 Å². The Balaban J connectivity index is 4.10. The molecular formula is C45H75O8P. The lowest BCUT2D eigenvalue weighted by Gasteiger charge is -2.18. The van der Waals surface area contributed by atoms with Crippen molar-refractivity contribution in [2.75, 3.05) is 13.2 Å². The lowest BCUT2D eigenvalue weighted by atomic mass is 10.1. The number of allylic oxidation sites excluding steroid dienone is 14. The van der Waals surface area contributed by atoms with Gasteiger partial charge in [0.15, 0.2) is 6.10 Å². The minimum Gasteiger partial charge on any atom is -0.462 e. The smallest absolute Gasteiger partial charge is 0.462 e. The highest BCUT2D eigenvalue weighted by molar-refractivity contribution is 7.46. The van der Waals surface area contributed by atoms with Gasteiger partial charge in [0.1, 0.15) is 6.61 Å². The van der Waals surface area contributed by atoms with Gasteiger partial charge in [-0.3, -0.25) is 14.1 Å². The largest absolute Gasteiger partial charge is 0.469 e. The molecule has 308 valence electrons. The quantitative estimate of drug-likeness (QED) is 0.0277. The molecule has 0 radical (unpaired) electrons. The molecule has 0 heterocycles. The molecule has 0 saturated heterocycles. The van der Waals surface area contributed by atoms with E-state index in [0.29, 0.717) is 19.3 Å². The first-order valence-corrected chi connectivity index (χ1v) is 22.4. The molecule has 8 nitrogen and oxygen atoms in total. The average molecular weight is 775 g/mol. The molecule has 9 heteroatoms. The van der Waals surface area contributed by atoms with Crippen molar-refractivity contribution >= 4 is 19.8 Å². The number of unbranched alkanes of at least 4 members (excludes halogenated alkanes) is 13. The summed E-state index contributed by atoms with van der Waals surface area (Å²) in [4.78, 5) is 42.8. The summed E-state index contributed by atoms with van der Waals surface area (Å²) in [6, 6.07) is 0. The lowest BCUT2D eigenvalue weighted by Crippen LogP contribution is -2.29. The number of carbonyl (C=O) groups is 2. The van der Waals surface area contributed by atoms with Crippen molar-refractivity contribution in [3.63, 3.8) is 0 Å². The van der Waals surface area contributed by atoms with E-state index in [1.54, 1.807) is 0 Å². The number of hydrogen-bond acceptors (Lipinski definition) is 6. The minimum atomic E-state index is -4.78. The van der Waals surface area contributed by atoms with Crippen LogP contribution in [-0.2, 0) is 28.2 Å². The van der Waals surface area contributed by atoms with Crippen LogP contribution in [0.3, 0.4) is 0 Å². The Morgan fingerprint density at radius 1 is 0.481 bits per heavy atom. The summed E-state index contributed by atoms with van der Waals surface area (Å²) in [5, 5.41) is 0. The van der Waals surface area contributed by atoms with Crippen molar-refractivity contribution in [3.8, 4) is 0 Å². The van der Waals surface area contributed by atoms with Gasteiger partial charge in [-0.1, -0.05) is 150 Å². The molecule has 0 rings (SSSR count). The van der Waals surface area contributed by atoms with E-state index in [-0.39, 0.29) is 19.4 Å². The number of esters is 2. The second kappa shape index (κ2) is 39.9. The van der Waals surface area contributed by atoms with Gasteiger partial charge in [-0.15, -0.1) is 0 Å². The van der Waals surface area contributed by atoms with Crippen LogP contribution in [0.15, 0.2) is 85.1 Å². The van der Waals surface area contributed by atoms with Crippen LogP contribution in [-0.4, -0.2) is 41.0 Å². The highest BCUT2D eigenvalue weighted by atomic mass is 31.2.